The summed E-state index contributed by atoms with van der Waals surface area (Å²) in [5.41, 5.74) is 0. The van der Waals surface area contributed by atoms with Crippen molar-refractivity contribution < 1.29 is 242 Å². The van der Waals surface area contributed by atoms with Crippen LogP contribution in [0.3, 0.4) is 0 Å². The Morgan fingerprint density at radius 1 is 0.231 bits per heavy atom. The molecule has 121 heavy (non-hydrogen) atoms. The molecule has 0 aromatic rings. The van der Waals surface area contributed by atoms with E-state index < -0.39 is 383 Å². The SMILES string of the molecule is CC(=O)N[C@@H]1[C@@H](O[C@@H]2O[C@H](CO)[C@H](O)[C@H](O[C@@H]3O[C@H](CO)[C@@H](O[C@@H]4O[C@@H](C)[C@@H](O)[C@@H](O)[C@@H]4O)[C@H](O[C@@H]4O[C@H](CO)[C@H](O)[C@H](O)[C@H]4O)[C@H]3NC(C)=O)[C@H]2O)[C@@H](O)[C@@H](CO[C@@H]2O[C@H](CO)[C@@H](O[C@@H]3O[C@H](CO)[C@H](O)[C@H](O[C@@H]4O[C@H](CO)[C@@H](O[C@@H]5O[C@@H](C)[C@@H](O)[C@@H](O)[C@@H]5O)[C@H](O[C@@H]5O[C@H](CO)[C@H](O)[C@H](O)[C@H]5O)[C@H]4NC(C)=O)[C@H]3O)[C@H](O)[C@H]2NC(C)=O)O[C@@H]1O. The van der Waals surface area contributed by atoms with Gasteiger partial charge in [0.1, 0.15) is 232 Å². The maximum Gasteiger partial charge on any atom is 0.217 e. The Morgan fingerprint density at radius 2 is 0.496 bits per heavy atom. The Kier molecular flexibility index (Phi) is 35.3. The highest BCUT2D eigenvalue weighted by Crippen LogP contribution is 2.41. The fourth-order valence-electron chi connectivity index (χ4n) is 15.8. The van der Waals surface area contributed by atoms with Gasteiger partial charge in [0.25, 0.3) is 0 Å². The summed E-state index contributed by atoms with van der Waals surface area (Å²) in [6.45, 7) is -2.40. The Hall–Kier alpha value is -3.92. The van der Waals surface area contributed by atoms with Gasteiger partial charge < -0.3 is 244 Å². The van der Waals surface area contributed by atoms with E-state index in [-0.39, 0.29) is 0 Å². The van der Waals surface area contributed by atoms with Crippen LogP contribution in [0.15, 0.2) is 0 Å². The van der Waals surface area contributed by atoms with E-state index in [0.29, 0.717) is 0 Å². The molecule has 10 fully saturated rings. The van der Waals surface area contributed by atoms with Gasteiger partial charge in [0, 0.05) is 27.7 Å². The molecule has 4 amide bonds. The lowest BCUT2D eigenvalue weighted by Gasteiger charge is -2.52. The Labute approximate surface area is 686 Å². The van der Waals surface area contributed by atoms with Gasteiger partial charge in [-0.2, -0.15) is 0 Å². The average molecular weight is 1770 g/mol. The van der Waals surface area contributed by atoms with Gasteiger partial charge in [-0.1, -0.05) is 0 Å². The van der Waals surface area contributed by atoms with Crippen molar-refractivity contribution >= 4 is 23.6 Å². The normalized spacial score (nSPS) is 50.0. The molecule has 0 unspecified atom stereocenters. The van der Waals surface area contributed by atoms with E-state index in [0.717, 1.165) is 27.7 Å². The smallest absolute Gasteiger partial charge is 0.217 e. The van der Waals surface area contributed by atoms with Crippen LogP contribution in [0.4, 0.5) is 0 Å². The minimum Gasteiger partial charge on any atom is -0.394 e. The highest BCUT2D eigenvalue weighted by Gasteiger charge is 2.62. The Bertz CT molecular complexity index is 3270. The Balaban J connectivity index is 0.876. The van der Waals surface area contributed by atoms with E-state index in [2.05, 4.69) is 21.3 Å². The lowest BCUT2D eigenvalue weighted by atomic mass is 9.93. The summed E-state index contributed by atoms with van der Waals surface area (Å²) in [6.07, 6.45) is -92.3. The van der Waals surface area contributed by atoms with Crippen molar-refractivity contribution in [3.63, 3.8) is 0 Å². The second kappa shape index (κ2) is 43.0. The number of aliphatic hydroxyl groups excluding tert-OH is 26. The van der Waals surface area contributed by atoms with Gasteiger partial charge in [-0.05, 0) is 13.8 Å². The van der Waals surface area contributed by atoms with Crippen molar-refractivity contribution in [2.75, 3.05) is 52.9 Å². The number of hydrogen-bond donors (Lipinski definition) is 30. The summed E-state index contributed by atoms with van der Waals surface area (Å²) in [4.78, 5) is 52.4. The molecule has 10 saturated heterocycles. The maximum absolute atomic E-state index is 13.3. The zero-order valence-electron chi connectivity index (χ0n) is 65.5. The van der Waals surface area contributed by atoms with E-state index >= 15 is 0 Å². The first-order valence-electron chi connectivity index (χ1n) is 38.9. The monoisotopic (exact) mass is 1770 g/mol. The van der Waals surface area contributed by atoms with Crippen molar-refractivity contribution in [3.05, 3.63) is 0 Å². The largest absolute Gasteiger partial charge is 0.394 e. The zero-order valence-corrected chi connectivity index (χ0v) is 65.5. The van der Waals surface area contributed by atoms with Crippen LogP contribution in [-0.4, -0.2) is 516 Å². The van der Waals surface area contributed by atoms with Crippen LogP contribution in [0.2, 0.25) is 0 Å². The summed E-state index contributed by atoms with van der Waals surface area (Å²) in [5.74, 6) is -3.76. The van der Waals surface area contributed by atoms with Crippen LogP contribution in [0.1, 0.15) is 41.5 Å². The lowest BCUT2D eigenvalue weighted by Crippen LogP contribution is -2.71. The molecule has 10 aliphatic heterocycles. The molecule has 30 N–H and O–H groups in total. The van der Waals surface area contributed by atoms with Gasteiger partial charge in [-0.15, -0.1) is 0 Å². The summed E-state index contributed by atoms with van der Waals surface area (Å²) < 4.78 is 113. The average Bonchev–Trinajstić information content (AvgIpc) is 0.758. The molecule has 53 heteroatoms. The van der Waals surface area contributed by atoms with Crippen LogP contribution >= 0.6 is 0 Å². The van der Waals surface area contributed by atoms with E-state index in [1.54, 1.807) is 0 Å². The summed E-state index contributed by atoms with van der Waals surface area (Å²) in [6, 6.07) is -7.64. The van der Waals surface area contributed by atoms with Gasteiger partial charge in [0.15, 0.2) is 62.9 Å². The third kappa shape index (κ3) is 21.8. The number of rotatable bonds is 30. The summed E-state index contributed by atoms with van der Waals surface area (Å²) >= 11 is 0. The van der Waals surface area contributed by atoms with Crippen LogP contribution < -0.4 is 21.3 Å². The molecule has 0 aromatic carbocycles. The fourth-order valence-corrected chi connectivity index (χ4v) is 15.8. The molecular weight excluding hydrogens is 1660 g/mol. The van der Waals surface area contributed by atoms with Crippen molar-refractivity contribution in [2.45, 2.75) is 348 Å². The third-order valence-electron chi connectivity index (χ3n) is 22.4. The lowest BCUT2D eigenvalue weighted by molar-refractivity contribution is -0.391. The molecule has 10 heterocycles. The Morgan fingerprint density at radius 3 is 0.860 bits per heavy atom. The standard InChI is InChI=1S/C68H114N4O49/c1-15-33(84)41(92)45(96)63(104-15)115-52-26(12-78)112-61(31(71-19(5)82)55(52)118-65-47(98)43(94)35(86)21(7-73)107-65)120-57-37(88)23(9-75)109-67(49(57)100)114-51-25(11-77)111-60(29(40(51)91)69-17(3)80)103-14-28-39(90)54(30(59(102)106-28)70-18(4)81)117-68-50(101)58(38(89)24(10-76)110-68)121-62-32(72-20(6)83)56(119-66-48(99)44(95)36(87)22(8-74)108-66)53(27(13-79)113-62)116-64-46(97)42(93)34(85)16(2)105-64/h15-16,21-68,73-79,84-102H,7-14H2,1-6H3,(H,69,80)(H,70,81)(H,71,82)(H,72,83)/t15-,16-,21+,22+,23+,24+,25+,26+,27+,28+,29+,30+,31+,32+,33+,34+,35-,36-,37-,38-,39-,40+,41+,42+,43-,44-,45-,46-,47+,48+,49+,50+,51+,52+,53+,54+,55+,56+,57-,58-,59-,60+,61-,62-,63-,64-,65-,66-,67-,68-/m0/s1. The summed E-state index contributed by atoms with van der Waals surface area (Å²) in [5, 5.41) is 298. The highest BCUT2D eigenvalue weighted by molar-refractivity contribution is 5.74. The highest BCUT2D eigenvalue weighted by atomic mass is 16.8. The fraction of sp³-hybridized carbons (Fsp3) is 0.941. The maximum atomic E-state index is 13.3. The molecule has 53 nitrogen and oxygen atoms in total. The molecule has 0 spiro atoms. The van der Waals surface area contributed by atoms with Gasteiger partial charge in [0.2, 0.25) is 23.6 Å². The van der Waals surface area contributed by atoms with Crippen LogP contribution in [-0.2, 0) is 109 Å². The molecule has 0 saturated carbocycles. The predicted molar refractivity (Wildman–Crippen MR) is 373 cm³/mol. The third-order valence-corrected chi connectivity index (χ3v) is 22.4. The number of amides is 4. The number of carbonyl (C=O) groups is 4. The number of hydrogen-bond acceptors (Lipinski definition) is 49. The van der Waals surface area contributed by atoms with E-state index in [1.807, 2.05) is 0 Å². The second-order valence-electron chi connectivity index (χ2n) is 30.9. The quantitative estimate of drug-likeness (QED) is 0.0318. The number of carbonyl (C=O) groups excluding carboxylic acids is 4. The number of nitrogens with one attached hydrogen (secondary N) is 4. The van der Waals surface area contributed by atoms with Crippen LogP contribution in [0.25, 0.3) is 0 Å². The first-order chi connectivity index (χ1) is 57.2. The molecular formula is C68H114N4O49. The molecule has 10 rings (SSSR count). The molecule has 50 atom stereocenters. The number of ether oxygens (including phenoxy) is 19. The van der Waals surface area contributed by atoms with Gasteiger partial charge in [0.05, 0.1) is 65.1 Å². The zero-order chi connectivity index (χ0) is 89.1. The van der Waals surface area contributed by atoms with Crippen molar-refractivity contribution in [3.8, 4) is 0 Å². The van der Waals surface area contributed by atoms with Crippen molar-refractivity contribution in [1.82, 2.24) is 21.3 Å². The number of aliphatic hydroxyl groups is 26. The molecule has 10 aliphatic rings. The van der Waals surface area contributed by atoms with Crippen LogP contribution in [0, 0.1) is 0 Å². The molecule has 0 radical (unpaired) electrons. The molecule has 0 bridgehead atoms. The topological polar surface area (TPSA) is 818 Å². The van der Waals surface area contributed by atoms with E-state index in [9.17, 15) is 152 Å². The predicted octanol–water partition coefficient (Wildman–Crippen LogP) is -20.2. The second-order valence-corrected chi connectivity index (χ2v) is 30.9. The van der Waals surface area contributed by atoms with Crippen LogP contribution in [0.5, 0.6) is 0 Å². The summed E-state index contributed by atoms with van der Waals surface area (Å²) in [7, 11) is 0. The van der Waals surface area contributed by atoms with E-state index in [4.69, 9.17) is 90.0 Å². The van der Waals surface area contributed by atoms with E-state index in [1.165, 1.54) is 13.8 Å². The van der Waals surface area contributed by atoms with Gasteiger partial charge in [-0.25, -0.2) is 0 Å². The van der Waals surface area contributed by atoms with Gasteiger partial charge in [-0.3, -0.25) is 19.2 Å². The molecule has 0 aliphatic carbocycles. The first-order valence-corrected chi connectivity index (χ1v) is 38.9. The van der Waals surface area contributed by atoms with Crippen molar-refractivity contribution in [2.24, 2.45) is 0 Å². The van der Waals surface area contributed by atoms with Gasteiger partial charge >= 0.3 is 0 Å². The molecule has 700 valence electrons. The van der Waals surface area contributed by atoms with Crippen molar-refractivity contribution in [1.29, 1.82) is 0 Å². The minimum atomic E-state index is -2.42. The minimum absolute atomic E-state index is 0.923. The molecule has 0 aromatic heterocycles. The first kappa shape index (κ1) is 99.2.